The highest BCUT2D eigenvalue weighted by molar-refractivity contribution is 14.0. The Morgan fingerprint density at radius 2 is 2.08 bits per heavy atom. The van der Waals surface area contributed by atoms with Gasteiger partial charge in [0.2, 0.25) is 5.91 Å². The van der Waals surface area contributed by atoms with Gasteiger partial charge in [0.15, 0.2) is 5.96 Å². The Morgan fingerprint density at radius 1 is 1.35 bits per heavy atom. The van der Waals surface area contributed by atoms with E-state index in [0.29, 0.717) is 6.04 Å². The summed E-state index contributed by atoms with van der Waals surface area (Å²) in [5.74, 6) is 0.870. The molecule has 0 aromatic heterocycles. The molecule has 1 amide bonds. The van der Waals surface area contributed by atoms with Crippen LogP contribution in [0.1, 0.15) is 19.8 Å². The Kier molecular flexibility index (Phi) is 11.1. The van der Waals surface area contributed by atoms with E-state index in [-0.39, 0.29) is 36.4 Å². The van der Waals surface area contributed by atoms with Crippen molar-refractivity contribution in [1.82, 2.24) is 20.0 Å². The van der Waals surface area contributed by atoms with E-state index >= 15 is 0 Å². The number of ether oxygens (including phenoxy) is 1. The lowest BCUT2D eigenvalue weighted by atomic mass is 10.2. The van der Waals surface area contributed by atoms with Crippen LogP contribution < -0.4 is 5.32 Å². The first-order valence-corrected chi connectivity index (χ1v) is 9.32. The summed E-state index contributed by atoms with van der Waals surface area (Å²) >= 11 is 0. The summed E-state index contributed by atoms with van der Waals surface area (Å²) in [5.41, 5.74) is 0. The van der Waals surface area contributed by atoms with E-state index in [9.17, 15) is 4.79 Å². The van der Waals surface area contributed by atoms with Gasteiger partial charge < -0.3 is 19.9 Å². The predicted octanol–water partition coefficient (Wildman–Crippen LogP) is 1.01. The summed E-state index contributed by atoms with van der Waals surface area (Å²) in [5, 5.41) is 3.42. The molecule has 0 aliphatic carbocycles. The third kappa shape index (κ3) is 7.40. The molecule has 26 heavy (non-hydrogen) atoms. The average Bonchev–Trinajstić information content (AvgIpc) is 3.28. The fourth-order valence-electron chi connectivity index (χ4n) is 3.10. The number of rotatable bonds is 8. The quantitative estimate of drug-likeness (QED) is 0.185. The molecule has 0 aromatic carbocycles. The molecule has 1 saturated heterocycles. The maximum absolute atomic E-state index is 11.9. The highest BCUT2D eigenvalue weighted by atomic mass is 127. The number of likely N-dealkylation sites (N-methyl/N-ethyl adjacent to an activating group) is 1. The van der Waals surface area contributed by atoms with E-state index in [2.05, 4.69) is 32.3 Å². The highest BCUT2D eigenvalue weighted by Gasteiger charge is 2.29. The first kappa shape index (κ1) is 23.2. The van der Waals surface area contributed by atoms with Crippen LogP contribution in [0.25, 0.3) is 0 Å². The van der Waals surface area contributed by atoms with Gasteiger partial charge in [-0.25, -0.2) is 4.99 Å². The van der Waals surface area contributed by atoms with Crippen molar-refractivity contribution in [2.45, 2.75) is 25.8 Å². The maximum atomic E-state index is 11.9. The number of likely N-dealkylation sites (tertiary alicyclic amines) is 1. The molecule has 1 fully saturated rings. The lowest BCUT2D eigenvalue weighted by Gasteiger charge is -2.25. The predicted molar refractivity (Wildman–Crippen MR) is 116 cm³/mol. The standard InChI is InChI=1S/C18H33N5O2.HI/c1-4-25-13-7-9-19-18(20-14-17(24)21(2)3)23-12-8-16(15-23)22-10-5-6-11-22;/h5-6,16H,4,7-15H2,1-3H3,(H,19,20);1H. The van der Waals surface area contributed by atoms with Gasteiger partial charge in [0.05, 0.1) is 0 Å². The molecule has 2 aliphatic heterocycles. The van der Waals surface area contributed by atoms with E-state index in [0.717, 1.165) is 64.7 Å². The summed E-state index contributed by atoms with van der Waals surface area (Å²) in [4.78, 5) is 22.8. The maximum Gasteiger partial charge on any atom is 0.243 e. The SMILES string of the molecule is CCOCCCNC(=NCC(=O)N(C)C)N1CCC(N2CC=CC2)C1.I. The molecule has 2 aliphatic rings. The third-order valence-electron chi connectivity index (χ3n) is 4.64. The lowest BCUT2D eigenvalue weighted by Crippen LogP contribution is -2.43. The van der Waals surface area contributed by atoms with Gasteiger partial charge in [-0.15, -0.1) is 24.0 Å². The van der Waals surface area contributed by atoms with Crippen molar-refractivity contribution in [1.29, 1.82) is 0 Å². The lowest BCUT2D eigenvalue weighted by molar-refractivity contribution is -0.127. The van der Waals surface area contributed by atoms with Crippen molar-refractivity contribution in [2.75, 3.05) is 66.6 Å². The van der Waals surface area contributed by atoms with Crippen LogP contribution in [0, 0.1) is 0 Å². The number of aliphatic imine (C=N–C) groups is 1. The number of nitrogens with one attached hydrogen (secondary N) is 1. The number of carbonyl (C=O) groups is 1. The smallest absolute Gasteiger partial charge is 0.243 e. The van der Waals surface area contributed by atoms with Crippen LogP contribution in [0.4, 0.5) is 0 Å². The first-order chi connectivity index (χ1) is 12.1. The molecule has 0 saturated carbocycles. The first-order valence-electron chi connectivity index (χ1n) is 9.32. The van der Waals surface area contributed by atoms with Crippen LogP contribution in [0.15, 0.2) is 17.1 Å². The van der Waals surface area contributed by atoms with Crippen molar-refractivity contribution in [3.05, 3.63) is 12.2 Å². The average molecular weight is 479 g/mol. The number of carbonyl (C=O) groups excluding carboxylic acids is 1. The monoisotopic (exact) mass is 479 g/mol. The van der Waals surface area contributed by atoms with Crippen molar-refractivity contribution in [3.8, 4) is 0 Å². The van der Waals surface area contributed by atoms with E-state index in [1.807, 2.05) is 6.92 Å². The zero-order chi connectivity index (χ0) is 18.1. The number of hydrogen-bond donors (Lipinski definition) is 1. The second-order valence-electron chi connectivity index (χ2n) is 6.72. The van der Waals surface area contributed by atoms with Gasteiger partial charge in [-0.3, -0.25) is 9.69 Å². The highest BCUT2D eigenvalue weighted by Crippen LogP contribution is 2.17. The van der Waals surface area contributed by atoms with Gasteiger partial charge in [0.1, 0.15) is 6.54 Å². The van der Waals surface area contributed by atoms with Gasteiger partial charge in [-0.1, -0.05) is 12.2 Å². The van der Waals surface area contributed by atoms with Crippen molar-refractivity contribution < 1.29 is 9.53 Å². The summed E-state index contributed by atoms with van der Waals surface area (Å²) in [6, 6.07) is 0.565. The minimum atomic E-state index is 0. The molecule has 0 aromatic rings. The van der Waals surface area contributed by atoms with Crippen LogP contribution in [0.5, 0.6) is 0 Å². The van der Waals surface area contributed by atoms with Crippen molar-refractivity contribution in [3.63, 3.8) is 0 Å². The van der Waals surface area contributed by atoms with E-state index < -0.39 is 0 Å². The summed E-state index contributed by atoms with van der Waals surface area (Å²) in [6.07, 6.45) is 6.55. The van der Waals surface area contributed by atoms with Crippen LogP contribution in [0.2, 0.25) is 0 Å². The Labute approximate surface area is 174 Å². The Balaban J connectivity index is 0.00000338. The van der Waals surface area contributed by atoms with E-state index in [1.54, 1.807) is 19.0 Å². The Morgan fingerprint density at radius 3 is 2.73 bits per heavy atom. The van der Waals surface area contributed by atoms with E-state index in [4.69, 9.17) is 4.74 Å². The zero-order valence-electron chi connectivity index (χ0n) is 16.3. The van der Waals surface area contributed by atoms with Gasteiger partial charge >= 0.3 is 0 Å². The van der Waals surface area contributed by atoms with Crippen molar-refractivity contribution in [2.24, 2.45) is 4.99 Å². The fraction of sp³-hybridized carbons (Fsp3) is 0.778. The largest absolute Gasteiger partial charge is 0.382 e. The number of nitrogens with zero attached hydrogens (tertiary/aromatic N) is 4. The second-order valence-corrected chi connectivity index (χ2v) is 6.72. The zero-order valence-corrected chi connectivity index (χ0v) is 18.6. The number of hydrogen-bond acceptors (Lipinski definition) is 4. The minimum Gasteiger partial charge on any atom is -0.382 e. The fourth-order valence-corrected chi connectivity index (χ4v) is 3.10. The molecule has 1 atom stereocenters. The molecule has 8 heteroatoms. The van der Waals surface area contributed by atoms with Crippen LogP contribution >= 0.6 is 24.0 Å². The van der Waals surface area contributed by atoms with Crippen LogP contribution in [0.3, 0.4) is 0 Å². The molecular weight excluding hydrogens is 445 g/mol. The summed E-state index contributed by atoms with van der Waals surface area (Å²) in [7, 11) is 3.53. The minimum absolute atomic E-state index is 0. The van der Waals surface area contributed by atoms with Crippen molar-refractivity contribution >= 4 is 35.8 Å². The van der Waals surface area contributed by atoms with E-state index in [1.165, 1.54) is 0 Å². The summed E-state index contributed by atoms with van der Waals surface area (Å²) in [6.45, 7) is 8.53. The van der Waals surface area contributed by atoms with Gasteiger partial charge in [-0.2, -0.15) is 0 Å². The van der Waals surface area contributed by atoms with Gasteiger partial charge in [0.25, 0.3) is 0 Å². The molecule has 1 unspecified atom stereocenters. The van der Waals surface area contributed by atoms with Gasteiger partial charge in [-0.05, 0) is 19.8 Å². The molecular formula is C18H34IN5O2. The molecule has 0 spiro atoms. The van der Waals surface area contributed by atoms with Gasteiger partial charge in [0, 0.05) is 66.1 Å². The number of guanidine groups is 1. The molecule has 2 heterocycles. The molecule has 2 rings (SSSR count). The molecule has 7 nitrogen and oxygen atoms in total. The molecule has 0 bridgehead atoms. The molecule has 1 N–H and O–H groups in total. The Hall–Kier alpha value is -0.870. The second kappa shape index (κ2) is 12.5. The third-order valence-corrected chi connectivity index (χ3v) is 4.64. The normalized spacial score (nSPS) is 20.3. The number of amides is 1. The van der Waals surface area contributed by atoms with Crippen LogP contribution in [-0.4, -0.2) is 99.2 Å². The summed E-state index contributed by atoms with van der Waals surface area (Å²) < 4.78 is 5.39. The number of halogens is 1. The Bertz CT molecular complexity index is 476. The molecule has 150 valence electrons. The topological polar surface area (TPSA) is 60.4 Å². The molecule has 0 radical (unpaired) electrons. The van der Waals surface area contributed by atoms with Crippen LogP contribution in [-0.2, 0) is 9.53 Å².